The van der Waals surface area contributed by atoms with E-state index in [-0.39, 0.29) is 12.4 Å². The van der Waals surface area contributed by atoms with E-state index in [1.54, 1.807) is 0 Å². The van der Waals surface area contributed by atoms with Crippen LogP contribution in [0.15, 0.2) is 10.5 Å². The van der Waals surface area contributed by atoms with Gasteiger partial charge < -0.3 is 10.8 Å². The molecular weight excluding hydrogens is 246 g/mol. The van der Waals surface area contributed by atoms with Crippen LogP contribution >= 0.6 is 15.9 Å². The maximum atomic E-state index is 12.2. The van der Waals surface area contributed by atoms with Crippen molar-refractivity contribution in [2.75, 3.05) is 5.73 Å². The minimum absolute atomic E-state index is 0.0400. The summed E-state index contributed by atoms with van der Waals surface area (Å²) in [4.78, 5) is 3.45. The van der Waals surface area contributed by atoms with Crippen LogP contribution in [0.3, 0.4) is 0 Å². The number of nitrogens with two attached hydrogens (primary N) is 1. The second-order valence-electron chi connectivity index (χ2n) is 2.36. The fourth-order valence-electron chi connectivity index (χ4n) is 0.854. The normalized spacial score (nSPS) is 10.8. The van der Waals surface area contributed by atoms with Crippen molar-refractivity contribution in [3.05, 3.63) is 21.8 Å². The molecule has 1 heterocycles. The number of hydrogen-bond donors (Lipinski definition) is 2. The van der Waals surface area contributed by atoms with Gasteiger partial charge in [-0.2, -0.15) is 0 Å². The lowest BCUT2D eigenvalue weighted by Crippen LogP contribution is -2.01. The molecule has 0 aromatic carbocycles. The molecule has 0 saturated carbocycles. The number of halogens is 3. The summed E-state index contributed by atoms with van der Waals surface area (Å²) in [7, 11) is 0. The van der Waals surface area contributed by atoms with Crippen LogP contribution in [-0.2, 0) is 6.61 Å². The fraction of sp³-hybridized carbons (Fsp3) is 0.286. The Morgan fingerprint density at radius 3 is 2.69 bits per heavy atom. The summed E-state index contributed by atoms with van der Waals surface area (Å²) in [6, 6.07) is 1.12. The second-order valence-corrected chi connectivity index (χ2v) is 3.16. The number of rotatable bonds is 2. The third-order valence-electron chi connectivity index (χ3n) is 1.47. The molecule has 72 valence electrons. The first-order chi connectivity index (χ1) is 6.06. The van der Waals surface area contributed by atoms with Crippen molar-refractivity contribution < 1.29 is 13.9 Å². The van der Waals surface area contributed by atoms with Crippen LogP contribution in [0.4, 0.5) is 14.6 Å². The smallest absolute Gasteiger partial charge is 0.280 e. The van der Waals surface area contributed by atoms with Crippen LogP contribution in [0, 0.1) is 0 Å². The zero-order chi connectivity index (χ0) is 10.0. The van der Waals surface area contributed by atoms with Crippen LogP contribution in [-0.4, -0.2) is 10.1 Å². The number of aliphatic hydroxyl groups is 1. The van der Waals surface area contributed by atoms with Crippen LogP contribution in [0.1, 0.15) is 17.7 Å². The van der Waals surface area contributed by atoms with Crippen LogP contribution in [0.25, 0.3) is 0 Å². The molecule has 0 spiro atoms. The van der Waals surface area contributed by atoms with E-state index in [4.69, 9.17) is 10.8 Å². The van der Waals surface area contributed by atoms with Gasteiger partial charge in [-0.15, -0.1) is 0 Å². The highest BCUT2D eigenvalue weighted by molar-refractivity contribution is 9.10. The molecule has 0 saturated heterocycles. The molecule has 0 aliphatic heterocycles. The molecule has 1 rings (SSSR count). The molecule has 0 radical (unpaired) electrons. The van der Waals surface area contributed by atoms with E-state index in [0.29, 0.717) is 10.0 Å². The number of alkyl halides is 2. The summed E-state index contributed by atoms with van der Waals surface area (Å²) in [5.41, 5.74) is 5.21. The maximum absolute atomic E-state index is 12.2. The van der Waals surface area contributed by atoms with E-state index in [9.17, 15) is 8.78 Å². The first-order valence-corrected chi connectivity index (χ1v) is 4.19. The molecule has 6 heteroatoms. The van der Waals surface area contributed by atoms with Crippen molar-refractivity contribution in [1.29, 1.82) is 0 Å². The minimum atomic E-state index is -2.68. The molecule has 1 aromatic rings. The molecule has 3 N–H and O–H groups in total. The zero-order valence-electron chi connectivity index (χ0n) is 6.47. The largest absolute Gasteiger partial charge is 0.392 e. The van der Waals surface area contributed by atoms with E-state index in [2.05, 4.69) is 20.9 Å². The Morgan fingerprint density at radius 1 is 1.62 bits per heavy atom. The lowest BCUT2D eigenvalue weighted by atomic mass is 10.2. The predicted molar refractivity (Wildman–Crippen MR) is 47.2 cm³/mol. The Morgan fingerprint density at radius 2 is 2.23 bits per heavy atom. The highest BCUT2D eigenvalue weighted by Crippen LogP contribution is 2.27. The standard InChI is InChI=1S/C7H7BrF2N2O/c8-5-3(2-13)1-4(6(9)10)12-7(5)11/h1,6,13H,2H2,(H2,11,12). The number of pyridine rings is 1. The van der Waals surface area contributed by atoms with Crippen LogP contribution in [0.5, 0.6) is 0 Å². The first kappa shape index (κ1) is 10.3. The summed E-state index contributed by atoms with van der Waals surface area (Å²) in [6.45, 7) is -0.354. The van der Waals surface area contributed by atoms with Gasteiger partial charge in [0.15, 0.2) is 0 Å². The number of hydrogen-bond acceptors (Lipinski definition) is 3. The topological polar surface area (TPSA) is 59.1 Å². The van der Waals surface area contributed by atoms with E-state index in [1.165, 1.54) is 0 Å². The number of aliphatic hydroxyl groups excluding tert-OH is 1. The fourth-order valence-corrected chi connectivity index (χ4v) is 1.18. The van der Waals surface area contributed by atoms with Crippen molar-refractivity contribution in [2.24, 2.45) is 0 Å². The Kier molecular flexibility index (Phi) is 3.16. The molecule has 0 amide bonds. The van der Waals surface area contributed by atoms with Crippen molar-refractivity contribution in [3.8, 4) is 0 Å². The molecule has 0 bridgehead atoms. The van der Waals surface area contributed by atoms with Gasteiger partial charge >= 0.3 is 0 Å². The molecular formula is C7H7BrF2N2O. The second kappa shape index (κ2) is 3.97. The lowest BCUT2D eigenvalue weighted by molar-refractivity contribution is 0.146. The Balaban J connectivity index is 3.22. The van der Waals surface area contributed by atoms with E-state index < -0.39 is 12.1 Å². The molecule has 3 nitrogen and oxygen atoms in total. The molecule has 0 atom stereocenters. The summed E-state index contributed by atoms with van der Waals surface area (Å²) in [5, 5.41) is 8.79. The van der Waals surface area contributed by atoms with Gasteiger partial charge in [0.1, 0.15) is 11.5 Å². The number of anilines is 1. The highest BCUT2D eigenvalue weighted by Gasteiger charge is 2.13. The molecule has 0 aliphatic rings. The van der Waals surface area contributed by atoms with Gasteiger partial charge in [0.05, 0.1) is 11.1 Å². The van der Waals surface area contributed by atoms with Crippen molar-refractivity contribution in [2.45, 2.75) is 13.0 Å². The van der Waals surface area contributed by atoms with Crippen molar-refractivity contribution in [1.82, 2.24) is 4.98 Å². The lowest BCUT2D eigenvalue weighted by Gasteiger charge is -2.06. The van der Waals surface area contributed by atoms with Gasteiger partial charge in [0.25, 0.3) is 6.43 Å². The highest BCUT2D eigenvalue weighted by atomic mass is 79.9. The summed E-state index contributed by atoms with van der Waals surface area (Å²) < 4.78 is 24.7. The zero-order valence-corrected chi connectivity index (χ0v) is 8.05. The average Bonchev–Trinajstić information content (AvgIpc) is 2.09. The van der Waals surface area contributed by atoms with Gasteiger partial charge in [-0.3, -0.25) is 0 Å². The summed E-state index contributed by atoms with van der Waals surface area (Å²) >= 11 is 3.03. The third kappa shape index (κ3) is 2.13. The number of nitrogens with zero attached hydrogens (tertiary/aromatic N) is 1. The summed E-state index contributed by atoms with van der Waals surface area (Å²) in [6.07, 6.45) is -2.68. The van der Waals surface area contributed by atoms with E-state index in [1.807, 2.05) is 0 Å². The Hall–Kier alpha value is -0.750. The van der Waals surface area contributed by atoms with Gasteiger partial charge in [-0.05, 0) is 27.6 Å². The molecule has 0 unspecified atom stereocenters. The SMILES string of the molecule is Nc1nc(C(F)F)cc(CO)c1Br. The monoisotopic (exact) mass is 252 g/mol. The van der Waals surface area contributed by atoms with E-state index >= 15 is 0 Å². The molecule has 1 aromatic heterocycles. The van der Waals surface area contributed by atoms with E-state index in [0.717, 1.165) is 6.07 Å². The third-order valence-corrected chi connectivity index (χ3v) is 2.39. The quantitative estimate of drug-likeness (QED) is 0.845. The van der Waals surface area contributed by atoms with Gasteiger partial charge in [-0.1, -0.05) is 0 Å². The minimum Gasteiger partial charge on any atom is -0.392 e. The first-order valence-electron chi connectivity index (χ1n) is 3.40. The predicted octanol–water partition coefficient (Wildman–Crippen LogP) is 1.86. The van der Waals surface area contributed by atoms with Gasteiger partial charge in [-0.25, -0.2) is 13.8 Å². The summed E-state index contributed by atoms with van der Waals surface area (Å²) in [5.74, 6) is -0.0400. The van der Waals surface area contributed by atoms with Gasteiger partial charge in [0.2, 0.25) is 0 Å². The number of aromatic nitrogens is 1. The van der Waals surface area contributed by atoms with Crippen LogP contribution < -0.4 is 5.73 Å². The molecule has 13 heavy (non-hydrogen) atoms. The van der Waals surface area contributed by atoms with Crippen LogP contribution in [0.2, 0.25) is 0 Å². The van der Waals surface area contributed by atoms with Gasteiger partial charge in [0, 0.05) is 0 Å². The van der Waals surface area contributed by atoms with Crippen molar-refractivity contribution in [3.63, 3.8) is 0 Å². The maximum Gasteiger partial charge on any atom is 0.280 e. The average molecular weight is 253 g/mol. The van der Waals surface area contributed by atoms with Crippen molar-refractivity contribution >= 4 is 21.7 Å². The molecule has 0 aliphatic carbocycles. The number of nitrogen functional groups attached to an aromatic ring is 1. The Bertz CT molecular complexity index is 320. The Labute approximate surface area is 81.7 Å². The molecule has 0 fully saturated rings.